The molecule has 2 fully saturated rings. The van der Waals surface area contributed by atoms with E-state index in [2.05, 4.69) is 192 Å². The van der Waals surface area contributed by atoms with Crippen LogP contribution < -0.4 is 33.8 Å². The van der Waals surface area contributed by atoms with E-state index in [-0.39, 0.29) is 169 Å². The number of nitriles is 1. The highest BCUT2D eigenvalue weighted by molar-refractivity contribution is 8.25. The average molecular weight is 2350 g/mol. The van der Waals surface area contributed by atoms with E-state index in [9.17, 15) is 143 Å². The Bertz CT molecular complexity index is 5970. The molecule has 75 heteroatoms. The van der Waals surface area contributed by atoms with Crippen molar-refractivity contribution in [1.82, 2.24) is 106 Å². The van der Waals surface area contributed by atoms with E-state index in [1.165, 1.54) is 18.2 Å². The summed E-state index contributed by atoms with van der Waals surface area (Å²) in [4.78, 5) is 121. The molecule has 0 unspecified atom stereocenters. The SMILES string of the molecule is CCO.CCOC(=O)CC(=O)OCC.COC(=O)c1cncc(C(F)(F)F)n1.FC(F)(F)c1cncc(-c2nc(Cl)cc(Cl)n2)n1.FC1(F)CCC(Nc2cc(NC3CCC(F)(F)CC3)nc(-c3cncc(C(F)(F)F)n3)n2)CC1.N.N#Cc1cncc(C(F)(F)F)n1.N=C(N)c1cncc(C(F)(F)F)n1.NC(=O)c1cncc(C(F)(F)F)n1.O.O=P(Cl)(Cl)Cl.O=P(Cl)(Cl)Cl.O=c1cc(O)nc(-c2cncc(C(F)(F)F)n2)[nH]1. The lowest BCUT2D eigenvalue weighted by Crippen LogP contribution is -2.33. The number of hydrogen-bond donors (Lipinski definition) is 9. The minimum atomic E-state index is -4.72. The molecule has 12 rings (SSSR count). The number of nitrogen functional groups attached to an aromatic ring is 1. The molecule has 2 aliphatic carbocycles. The van der Waals surface area contributed by atoms with Gasteiger partial charge in [-0.15, -0.1) is 0 Å². The van der Waals surface area contributed by atoms with E-state index in [1.807, 2.05) is 0 Å². The number of primary amides is 1. The number of aromatic nitrogens is 20. The quantitative estimate of drug-likeness (QED) is 0.00713. The zero-order valence-corrected chi connectivity index (χ0v) is 81.9. The number of aromatic amines is 1. The molecule has 40 nitrogen and oxygen atoms in total. The fraction of sp³-hybridized carbons (Fsp3) is 0.370. The summed E-state index contributed by atoms with van der Waals surface area (Å²) >= 11 is 38.9. The molecular formula is C73H70Cl8F25N27O13P2. The number of amidine groups is 1. The van der Waals surface area contributed by atoms with Gasteiger partial charge in [0, 0.05) is 56.5 Å². The minimum absolute atomic E-state index is 0. The number of aromatic hydroxyl groups is 1. The van der Waals surface area contributed by atoms with Gasteiger partial charge in [-0.3, -0.25) is 68.6 Å². The Morgan fingerprint density at radius 3 is 1.08 bits per heavy atom. The Morgan fingerprint density at radius 1 is 0.473 bits per heavy atom. The summed E-state index contributed by atoms with van der Waals surface area (Å²) < 4.78 is 344. The van der Waals surface area contributed by atoms with E-state index in [0.717, 1.165) is 56.6 Å². The third kappa shape index (κ3) is 55.7. The first-order valence-electron chi connectivity index (χ1n) is 38.4. The number of carbonyl (C=O) groups is 4. The van der Waals surface area contributed by atoms with Gasteiger partial charge in [0.25, 0.3) is 11.5 Å². The zero-order valence-electron chi connectivity index (χ0n) is 74.1. The second-order valence-corrected chi connectivity index (χ2v) is 40.6. The van der Waals surface area contributed by atoms with E-state index in [4.69, 9.17) is 55.6 Å². The number of halogens is 33. The Morgan fingerprint density at radius 2 is 0.764 bits per heavy atom. The van der Waals surface area contributed by atoms with Gasteiger partial charge in [0.1, 0.15) is 68.7 Å². The van der Waals surface area contributed by atoms with Crippen molar-refractivity contribution in [3.63, 3.8) is 0 Å². The molecule has 0 radical (unpaired) electrons. The Hall–Kier alpha value is -12.3. The normalized spacial score (nSPS) is 13.2. The summed E-state index contributed by atoms with van der Waals surface area (Å²) in [6, 6.07) is 4.38. The molecule has 0 aromatic carbocycles. The molecule has 2 saturated carbocycles. The van der Waals surface area contributed by atoms with Gasteiger partial charge in [-0.25, -0.2) is 77.2 Å². The summed E-state index contributed by atoms with van der Waals surface area (Å²) in [6.07, 6.45) is -22.1. The molecule has 10 aromatic rings. The van der Waals surface area contributed by atoms with Crippen LogP contribution in [0.15, 0.2) is 110 Å². The predicted octanol–water partition coefficient (Wildman–Crippen LogP) is 19.6. The van der Waals surface area contributed by atoms with Crippen LogP contribution in [0, 0.1) is 16.7 Å². The maximum absolute atomic E-state index is 13.5. The van der Waals surface area contributed by atoms with Crippen molar-refractivity contribution >= 4 is 142 Å². The van der Waals surface area contributed by atoms with Gasteiger partial charge in [0.15, 0.2) is 68.7 Å². The number of esters is 3. The summed E-state index contributed by atoms with van der Waals surface area (Å²) in [5.74, 6) is -9.83. The van der Waals surface area contributed by atoms with Crippen molar-refractivity contribution in [3.8, 4) is 46.5 Å². The maximum Gasteiger partial charge on any atom is 0.434 e. The van der Waals surface area contributed by atoms with Crippen molar-refractivity contribution in [2.24, 2.45) is 11.5 Å². The molecule has 2 aliphatic rings. The summed E-state index contributed by atoms with van der Waals surface area (Å²) in [7, 11) is 1.05. The highest BCUT2D eigenvalue weighted by Gasteiger charge is 2.41. The molecule has 148 heavy (non-hydrogen) atoms. The number of alkyl halides is 25. The molecule has 0 saturated heterocycles. The third-order valence-corrected chi connectivity index (χ3v) is 15.8. The lowest BCUT2D eigenvalue weighted by atomic mass is 9.92. The number of carbonyl (C=O) groups excluding carboxylic acids is 4. The topological polar surface area (TPSA) is 639 Å². The van der Waals surface area contributed by atoms with Crippen LogP contribution in [0.4, 0.5) is 121 Å². The summed E-state index contributed by atoms with van der Waals surface area (Å²) in [5.41, 5.74) is -1.67. The number of aliphatic hydroxyl groups excluding tert-OH is 1. The number of rotatable bonds is 14. The number of anilines is 2. The van der Waals surface area contributed by atoms with Crippen molar-refractivity contribution < 1.29 is 168 Å². The molecule has 816 valence electrons. The maximum atomic E-state index is 13.5. The minimum Gasteiger partial charge on any atom is -0.493 e. The van der Waals surface area contributed by atoms with Gasteiger partial charge in [-0.05, 0) is 114 Å². The highest BCUT2D eigenvalue weighted by atomic mass is 36.1. The zero-order chi connectivity index (χ0) is 112. The number of methoxy groups -OCH3 is 1. The number of aliphatic hydroxyl groups is 1. The monoisotopic (exact) mass is 2350 g/mol. The number of H-pyrrole nitrogens is 1. The smallest absolute Gasteiger partial charge is 0.434 e. The van der Waals surface area contributed by atoms with Crippen LogP contribution in [0.2, 0.25) is 10.3 Å². The van der Waals surface area contributed by atoms with Gasteiger partial charge in [0.2, 0.25) is 17.7 Å². The standard InChI is InChI=1S/C21H23F7N6.C9H3Cl2F3N4.C9H5F3N4O2.C7H5F3N2O2.C7H12O4.C6H5F3N4.C6H4F3N3O.C6H2F3N3.C2H6O.2Cl3OP.H3N.H2O/c22-19(23)5-1-12(2-6-19)30-16-9-17(31-13-3-7-20(24,25)8-4-13)34-18(33-16)14-10-29-11-15(32-14)21(26,27)28;10-6-1-7(11)18-8(17-6)4-2-15-3-5(16-4)9(12,13)14;10-9(11,12)5-3-13-2-4(14-5)8-15-6(17)1-7(18)16-8;1-14-6(13)4-2-11-3-5(12-4)7(8,9)10;1-3-10-6(8)5-7(9)11-4-2;7-6(8,9)4-2-12-1-3(13-4)5(10)11;7-6(8,9)4-2-11-1-3(12-4)5(10)13;7-6(8,9)5-3-11-2-4(1-10)12-5;1-2-3;2*1-5(2,3)4;;/h9-13H,1-8H2,(H2,30,31,33,34);1-3H;1-3H,(H2,15,16,17,18);2-3H,1H3;3-5H2,1-2H3;1-2H,(H3,10,11);1-2H,(H2,10,13);2-3H;3H,2H2,1H3;;;1H3;1H2. The molecule has 0 spiro atoms. The second-order valence-electron chi connectivity index (χ2n) is 26.6. The largest absolute Gasteiger partial charge is 0.493 e. The first kappa shape index (κ1) is 136. The number of nitrogens with zero attached hydrogens (tertiary/aromatic N) is 20. The van der Waals surface area contributed by atoms with E-state index < -0.39 is 158 Å². The van der Waals surface area contributed by atoms with E-state index in [1.54, 1.807) is 20.8 Å². The number of nitrogens with one attached hydrogen (secondary N) is 4. The molecule has 15 N–H and O–H groups in total. The van der Waals surface area contributed by atoms with Crippen LogP contribution in [0.25, 0.3) is 34.6 Å². The number of ether oxygens (including phenoxy) is 3. The van der Waals surface area contributed by atoms with Crippen LogP contribution in [0.5, 0.6) is 5.88 Å². The molecule has 0 bridgehead atoms. The molecular weight excluding hydrogens is 2280 g/mol. The number of nitrogens with two attached hydrogens (primary N) is 2. The van der Waals surface area contributed by atoms with Crippen molar-refractivity contribution in [2.75, 3.05) is 37.6 Å². The molecule has 1 amide bonds. The van der Waals surface area contributed by atoms with Crippen LogP contribution in [-0.2, 0) is 76.2 Å². The average Bonchev–Trinajstić information content (AvgIpc) is 0.809. The summed E-state index contributed by atoms with van der Waals surface area (Å²) in [6.45, 7) is 5.88. The van der Waals surface area contributed by atoms with Crippen molar-refractivity contribution in [3.05, 3.63) is 188 Å². The van der Waals surface area contributed by atoms with Crippen LogP contribution >= 0.6 is 101 Å². The predicted molar refractivity (Wildman–Crippen MR) is 474 cm³/mol. The van der Waals surface area contributed by atoms with Crippen LogP contribution in [0.1, 0.15) is 151 Å². The van der Waals surface area contributed by atoms with Gasteiger partial charge in [0.05, 0.1) is 113 Å². The molecule has 10 heterocycles. The molecule has 10 aromatic heterocycles. The van der Waals surface area contributed by atoms with Crippen LogP contribution in [-0.4, -0.2) is 196 Å². The van der Waals surface area contributed by atoms with Crippen molar-refractivity contribution in [2.45, 2.75) is 146 Å². The lowest BCUT2D eigenvalue weighted by molar-refractivity contribution is -0.154. The van der Waals surface area contributed by atoms with E-state index >= 15 is 0 Å². The first-order valence-corrected chi connectivity index (χ1v) is 48.0. The summed E-state index contributed by atoms with van der Waals surface area (Å²) in [5, 5.41) is 31.4. The fourth-order valence-corrected chi connectivity index (χ4v) is 9.88. The highest BCUT2D eigenvalue weighted by Crippen LogP contribution is 2.62. The molecule has 0 atom stereocenters. The van der Waals surface area contributed by atoms with E-state index in [0.29, 0.717) is 43.4 Å². The van der Waals surface area contributed by atoms with Gasteiger partial charge < -0.3 is 63.1 Å². The number of hydrogen-bond acceptors (Lipinski definition) is 36. The van der Waals surface area contributed by atoms with Gasteiger partial charge in [-0.1, -0.05) is 23.2 Å². The Kier molecular flexibility index (Phi) is 56.0. The van der Waals surface area contributed by atoms with Crippen LogP contribution in [0.3, 0.4) is 0 Å². The Balaban J connectivity index is 0.00000168. The first-order chi connectivity index (χ1) is 67.0. The molecule has 0 aliphatic heterocycles. The second kappa shape index (κ2) is 61.0. The van der Waals surface area contributed by atoms with Gasteiger partial charge in [-0.2, -0.15) is 102 Å². The Labute approximate surface area is 852 Å². The van der Waals surface area contributed by atoms with Gasteiger partial charge >= 0.3 is 71.5 Å². The van der Waals surface area contributed by atoms with Crippen molar-refractivity contribution in [1.29, 1.82) is 10.7 Å². The number of amides is 1. The third-order valence-electron chi connectivity index (χ3n) is 15.4. The lowest BCUT2D eigenvalue weighted by Gasteiger charge is -2.30. The fourth-order valence-electron chi connectivity index (χ4n) is 9.46.